The van der Waals surface area contributed by atoms with Gasteiger partial charge in [0.15, 0.2) is 0 Å². The zero-order valence-electron chi connectivity index (χ0n) is 11.6. The second-order valence-corrected chi connectivity index (χ2v) is 7.54. The molecule has 4 fully saturated rings. The maximum absolute atomic E-state index is 12.8. The number of hydrogen-bond acceptors (Lipinski definition) is 3. The average molecular weight is 383 g/mol. The van der Waals surface area contributed by atoms with Gasteiger partial charge >= 0.3 is 0 Å². The number of ketones is 1. The summed E-state index contributed by atoms with van der Waals surface area (Å²) in [5.41, 5.74) is 0.490. The van der Waals surface area contributed by atoms with Crippen molar-refractivity contribution in [3.8, 4) is 0 Å². The zero-order valence-corrected chi connectivity index (χ0v) is 13.9. The summed E-state index contributed by atoms with van der Waals surface area (Å²) in [7, 11) is 0. The van der Waals surface area contributed by atoms with Gasteiger partial charge in [-0.2, -0.15) is 0 Å². The molecule has 0 aromatic heterocycles. The Balaban J connectivity index is 1.77. The lowest BCUT2D eigenvalue weighted by atomic mass is 9.59. The highest BCUT2D eigenvalue weighted by atomic mass is 79.9. The van der Waals surface area contributed by atoms with Gasteiger partial charge in [-0.25, -0.2) is 4.90 Å². The molecular weight excluding hydrogens is 370 g/mol. The van der Waals surface area contributed by atoms with Gasteiger partial charge in [0, 0.05) is 16.8 Å². The number of imide groups is 1. The third-order valence-corrected chi connectivity index (χ3v) is 6.46. The Morgan fingerprint density at radius 1 is 1.09 bits per heavy atom. The lowest BCUT2D eigenvalue weighted by molar-refractivity contribution is -0.143. The fraction of sp³-hybridized carbons (Fsp3) is 0.438. The molecule has 114 valence electrons. The number of halogens is 2. The van der Waals surface area contributed by atoms with Gasteiger partial charge in [-0.3, -0.25) is 14.4 Å². The number of amides is 2. The highest BCUT2D eigenvalue weighted by Crippen LogP contribution is 2.52. The van der Waals surface area contributed by atoms with Crippen LogP contribution in [0.2, 0.25) is 5.02 Å². The number of Topliss-reactive ketones (excluding diaryl/α,β-unsaturated/α-hetero) is 1. The van der Waals surface area contributed by atoms with Crippen LogP contribution in [0.25, 0.3) is 0 Å². The van der Waals surface area contributed by atoms with Crippen LogP contribution in [0, 0.1) is 23.7 Å². The number of nitrogens with zero attached hydrogens (tertiary/aromatic N) is 1. The smallest absolute Gasteiger partial charge is 0.238 e. The molecule has 3 saturated carbocycles. The minimum absolute atomic E-state index is 0.0230. The van der Waals surface area contributed by atoms with Gasteiger partial charge in [0.25, 0.3) is 0 Å². The summed E-state index contributed by atoms with van der Waals surface area (Å²) in [4.78, 5) is 38.9. The highest BCUT2D eigenvalue weighted by Gasteiger charge is 2.60. The molecule has 22 heavy (non-hydrogen) atoms. The Labute approximate surface area is 140 Å². The normalized spacial score (nSPS) is 33.5. The van der Waals surface area contributed by atoms with Crippen LogP contribution in [0.4, 0.5) is 5.69 Å². The van der Waals surface area contributed by atoms with Crippen molar-refractivity contribution in [1.82, 2.24) is 0 Å². The molecule has 0 spiro atoms. The molecule has 4 unspecified atom stereocenters. The number of carbonyl (C=O) groups is 3. The first-order chi connectivity index (χ1) is 10.5. The van der Waals surface area contributed by atoms with E-state index in [1.165, 1.54) is 4.90 Å². The van der Waals surface area contributed by atoms with Gasteiger partial charge in [0.05, 0.1) is 22.5 Å². The van der Waals surface area contributed by atoms with Crippen LogP contribution >= 0.6 is 27.5 Å². The summed E-state index contributed by atoms with van der Waals surface area (Å²) in [6.07, 6.45) is 2.05. The van der Waals surface area contributed by atoms with E-state index in [0.717, 1.165) is 12.8 Å². The fourth-order valence-corrected chi connectivity index (χ4v) is 4.68. The maximum atomic E-state index is 12.8. The van der Waals surface area contributed by atoms with Crippen molar-refractivity contribution in [2.24, 2.45) is 23.7 Å². The van der Waals surface area contributed by atoms with Crippen molar-refractivity contribution in [3.05, 3.63) is 27.7 Å². The van der Waals surface area contributed by atoms with E-state index in [4.69, 9.17) is 11.6 Å². The monoisotopic (exact) mass is 381 g/mol. The van der Waals surface area contributed by atoms with Crippen LogP contribution in [0.3, 0.4) is 0 Å². The predicted octanol–water partition coefficient (Wildman–Crippen LogP) is 3.21. The molecule has 6 heteroatoms. The molecule has 0 N–H and O–H groups in total. The van der Waals surface area contributed by atoms with Gasteiger partial charge in [0.1, 0.15) is 5.78 Å². The highest BCUT2D eigenvalue weighted by molar-refractivity contribution is 9.10. The molecule has 1 saturated heterocycles. The lowest BCUT2D eigenvalue weighted by Crippen LogP contribution is -2.46. The van der Waals surface area contributed by atoms with Crippen molar-refractivity contribution >= 4 is 50.8 Å². The van der Waals surface area contributed by atoms with Crippen molar-refractivity contribution in [2.45, 2.75) is 19.3 Å². The number of fused-ring (bicyclic) bond motifs is 2. The summed E-state index contributed by atoms with van der Waals surface area (Å²) in [6.45, 7) is 0. The summed E-state index contributed by atoms with van der Waals surface area (Å²) >= 11 is 9.38. The molecule has 4 atom stereocenters. The summed E-state index contributed by atoms with van der Waals surface area (Å²) in [6, 6.07) is 5.04. The first-order valence-electron chi connectivity index (χ1n) is 7.34. The molecule has 2 bridgehead atoms. The Morgan fingerprint density at radius 3 is 2.50 bits per heavy atom. The maximum Gasteiger partial charge on any atom is 0.238 e. The number of hydrogen-bond donors (Lipinski definition) is 0. The molecule has 1 heterocycles. The van der Waals surface area contributed by atoms with E-state index in [1.807, 2.05) is 0 Å². The van der Waals surface area contributed by atoms with Gasteiger partial charge in [0.2, 0.25) is 11.8 Å². The van der Waals surface area contributed by atoms with E-state index in [-0.39, 0.29) is 35.4 Å². The molecule has 1 aromatic carbocycles. The number of benzene rings is 1. The Kier molecular flexibility index (Phi) is 3.20. The Bertz CT molecular complexity index is 719. The van der Waals surface area contributed by atoms with Crippen molar-refractivity contribution in [2.75, 3.05) is 4.90 Å². The summed E-state index contributed by atoms with van der Waals surface area (Å²) < 4.78 is 0.713. The quantitative estimate of drug-likeness (QED) is 0.701. The SMILES string of the molecule is O=C1CC2CCC1C1C(=O)N(c3ccc(Br)c(Cl)c3)C(=O)C21. The van der Waals surface area contributed by atoms with Gasteiger partial charge < -0.3 is 0 Å². The number of carbonyl (C=O) groups excluding carboxylic acids is 3. The predicted molar refractivity (Wildman–Crippen MR) is 84.5 cm³/mol. The molecule has 1 aromatic rings. The summed E-state index contributed by atoms with van der Waals surface area (Å²) in [5, 5.41) is 0.451. The van der Waals surface area contributed by atoms with Crippen LogP contribution in [0.5, 0.6) is 0 Å². The minimum Gasteiger partial charge on any atom is -0.299 e. The van der Waals surface area contributed by atoms with Gasteiger partial charge in [-0.05, 0) is 52.9 Å². The largest absolute Gasteiger partial charge is 0.299 e. The standard InChI is InChI=1S/C16H13BrClNO3/c17-10-4-2-8(6-11(10)18)19-15(21)13-7-1-3-9(12(20)5-7)14(13)16(19)22/h2,4,6-7,9,13-14H,1,3,5H2. The second kappa shape index (κ2) is 4.90. The van der Waals surface area contributed by atoms with Gasteiger partial charge in [-0.1, -0.05) is 11.6 Å². The molecule has 5 rings (SSSR count). The van der Waals surface area contributed by atoms with Crippen LogP contribution < -0.4 is 4.90 Å². The van der Waals surface area contributed by atoms with Gasteiger partial charge in [-0.15, -0.1) is 0 Å². The third-order valence-electron chi connectivity index (χ3n) is 5.23. The first kappa shape index (κ1) is 14.4. The van der Waals surface area contributed by atoms with Crippen LogP contribution in [0.1, 0.15) is 19.3 Å². The van der Waals surface area contributed by atoms with E-state index in [0.29, 0.717) is 21.6 Å². The van der Waals surface area contributed by atoms with E-state index in [1.54, 1.807) is 18.2 Å². The van der Waals surface area contributed by atoms with Crippen LogP contribution in [-0.4, -0.2) is 17.6 Å². The second-order valence-electron chi connectivity index (χ2n) is 6.28. The zero-order chi connectivity index (χ0) is 15.6. The molecular formula is C16H13BrClNO3. The van der Waals surface area contributed by atoms with Crippen LogP contribution in [0.15, 0.2) is 22.7 Å². The van der Waals surface area contributed by atoms with Crippen molar-refractivity contribution < 1.29 is 14.4 Å². The molecule has 1 aliphatic heterocycles. The van der Waals surface area contributed by atoms with E-state index < -0.39 is 5.92 Å². The van der Waals surface area contributed by atoms with Crippen molar-refractivity contribution in [3.63, 3.8) is 0 Å². The van der Waals surface area contributed by atoms with E-state index >= 15 is 0 Å². The average Bonchev–Trinajstić information content (AvgIpc) is 2.76. The molecule has 0 radical (unpaired) electrons. The van der Waals surface area contributed by atoms with Crippen LogP contribution in [-0.2, 0) is 14.4 Å². The summed E-state index contributed by atoms with van der Waals surface area (Å²) in [5.74, 6) is -1.31. The topological polar surface area (TPSA) is 54.5 Å². The molecule has 3 aliphatic carbocycles. The molecule has 4 nitrogen and oxygen atoms in total. The van der Waals surface area contributed by atoms with E-state index in [2.05, 4.69) is 15.9 Å². The minimum atomic E-state index is -0.463. The third kappa shape index (κ3) is 1.85. The lowest BCUT2D eigenvalue weighted by Gasteiger charge is -2.41. The Hall–Kier alpha value is -1.20. The number of anilines is 1. The molecule has 2 amide bonds. The van der Waals surface area contributed by atoms with E-state index in [9.17, 15) is 14.4 Å². The Morgan fingerprint density at radius 2 is 1.82 bits per heavy atom. The first-order valence-corrected chi connectivity index (χ1v) is 8.51. The number of rotatable bonds is 1. The fourth-order valence-electron chi connectivity index (χ4n) is 4.26. The van der Waals surface area contributed by atoms with Crippen molar-refractivity contribution in [1.29, 1.82) is 0 Å². The molecule has 4 aliphatic rings.